The van der Waals surface area contributed by atoms with Crippen LogP contribution in [0.15, 0.2) is 24.3 Å². The van der Waals surface area contributed by atoms with Gasteiger partial charge >= 0.3 is 6.18 Å². The van der Waals surface area contributed by atoms with Gasteiger partial charge in [0.05, 0.1) is 24.9 Å². The van der Waals surface area contributed by atoms with Gasteiger partial charge in [-0.2, -0.15) is 13.2 Å². The zero-order valence-corrected chi connectivity index (χ0v) is 22.0. The van der Waals surface area contributed by atoms with Crippen LogP contribution in [0.2, 0.25) is 0 Å². The zero-order valence-electron chi connectivity index (χ0n) is 22.0. The van der Waals surface area contributed by atoms with Crippen LogP contribution in [-0.4, -0.2) is 83.3 Å². The van der Waals surface area contributed by atoms with Gasteiger partial charge in [-0.3, -0.25) is 9.69 Å². The van der Waals surface area contributed by atoms with Gasteiger partial charge < -0.3 is 19.7 Å². The van der Waals surface area contributed by atoms with Gasteiger partial charge in [-0.25, -0.2) is 9.97 Å². The number of rotatable bonds is 5. The van der Waals surface area contributed by atoms with Crippen molar-refractivity contribution in [3.05, 3.63) is 46.9 Å². The van der Waals surface area contributed by atoms with Crippen molar-refractivity contribution in [2.24, 2.45) is 0 Å². The molecule has 4 aliphatic rings. The Morgan fingerprint density at radius 3 is 2.59 bits per heavy atom. The van der Waals surface area contributed by atoms with Crippen molar-refractivity contribution in [3.63, 3.8) is 0 Å². The molecule has 0 spiro atoms. The molecule has 4 heterocycles. The SMILES string of the molecule is Cc1c(Nc2cccc(C(F)(F)F)c2)nc(C2CC2)nc1C(=O)N1CCC(N2CCO[C@H]3COCC[C@H]32)CC1. The molecule has 8 nitrogen and oxygen atoms in total. The predicted octanol–water partition coefficient (Wildman–Crippen LogP) is 4.52. The van der Waals surface area contributed by atoms with Crippen molar-refractivity contribution in [2.45, 2.75) is 69.3 Å². The average molecular weight is 546 g/mol. The van der Waals surface area contributed by atoms with E-state index in [0.717, 1.165) is 57.4 Å². The second-order valence-corrected chi connectivity index (χ2v) is 11.0. The first-order valence-electron chi connectivity index (χ1n) is 13.8. The molecule has 3 saturated heterocycles. The number of carbonyl (C=O) groups excluding carboxylic acids is 1. The van der Waals surface area contributed by atoms with Crippen LogP contribution in [0.1, 0.15) is 65.5 Å². The summed E-state index contributed by atoms with van der Waals surface area (Å²) in [7, 11) is 0. The number of hydrogen-bond donors (Lipinski definition) is 1. The maximum absolute atomic E-state index is 13.7. The Hall–Kier alpha value is -2.76. The molecular weight excluding hydrogens is 511 g/mol. The third kappa shape index (κ3) is 5.62. The lowest BCUT2D eigenvalue weighted by atomic mass is 9.95. The predicted molar refractivity (Wildman–Crippen MR) is 138 cm³/mol. The molecule has 210 valence electrons. The van der Waals surface area contributed by atoms with Crippen molar-refractivity contribution in [3.8, 4) is 0 Å². The van der Waals surface area contributed by atoms with E-state index < -0.39 is 11.7 Å². The number of morpholine rings is 1. The molecule has 2 aromatic rings. The Bertz CT molecular complexity index is 1210. The highest BCUT2D eigenvalue weighted by atomic mass is 19.4. The molecule has 1 saturated carbocycles. The summed E-state index contributed by atoms with van der Waals surface area (Å²) in [6.45, 7) is 6.03. The summed E-state index contributed by atoms with van der Waals surface area (Å²) in [4.78, 5) is 27.4. The lowest BCUT2D eigenvalue weighted by Crippen LogP contribution is -2.60. The van der Waals surface area contributed by atoms with Crippen LogP contribution in [0.25, 0.3) is 0 Å². The van der Waals surface area contributed by atoms with Gasteiger partial charge in [-0.15, -0.1) is 0 Å². The molecule has 0 unspecified atom stereocenters. The fourth-order valence-electron chi connectivity index (χ4n) is 6.02. The number of likely N-dealkylation sites (tertiary alicyclic amines) is 1. The number of alkyl halides is 3. The minimum Gasteiger partial charge on any atom is -0.379 e. The quantitative estimate of drug-likeness (QED) is 0.592. The summed E-state index contributed by atoms with van der Waals surface area (Å²) in [5.41, 5.74) is 0.399. The molecular formula is C28H34F3N5O3. The summed E-state index contributed by atoms with van der Waals surface area (Å²) in [6.07, 6.45) is 0.290. The van der Waals surface area contributed by atoms with Crippen LogP contribution in [0, 0.1) is 6.92 Å². The molecule has 1 N–H and O–H groups in total. The molecule has 0 radical (unpaired) electrons. The maximum atomic E-state index is 13.7. The zero-order chi connectivity index (χ0) is 27.1. The summed E-state index contributed by atoms with van der Waals surface area (Å²) < 4.78 is 51.3. The van der Waals surface area contributed by atoms with Crippen molar-refractivity contribution in [1.29, 1.82) is 0 Å². The largest absolute Gasteiger partial charge is 0.416 e. The standard InChI is InChI=1S/C28H34F3N5O3/c1-17-24(27(37)35-10-7-21(8-11-35)36-12-14-39-23-16-38-13-9-22(23)36)33-26(18-5-6-18)34-25(17)32-20-4-2-3-19(15-20)28(29,30)31/h2-4,15,18,21-23H,5-14,16H2,1H3,(H,32,33,34)/t22-,23+/m1/s1. The minimum atomic E-state index is -4.45. The first kappa shape index (κ1) is 26.5. The van der Waals surface area contributed by atoms with E-state index in [9.17, 15) is 18.0 Å². The highest BCUT2D eigenvalue weighted by molar-refractivity contribution is 5.95. The fourth-order valence-corrected chi connectivity index (χ4v) is 6.02. The topological polar surface area (TPSA) is 79.8 Å². The van der Waals surface area contributed by atoms with E-state index in [4.69, 9.17) is 9.47 Å². The van der Waals surface area contributed by atoms with Gasteiger partial charge in [-0.05, 0) is 57.2 Å². The van der Waals surface area contributed by atoms with Gasteiger partial charge in [0.1, 0.15) is 17.3 Å². The third-order valence-electron chi connectivity index (χ3n) is 8.36. The van der Waals surface area contributed by atoms with Crippen LogP contribution in [-0.2, 0) is 15.7 Å². The number of ether oxygens (including phenoxy) is 2. The molecule has 39 heavy (non-hydrogen) atoms. The number of halogens is 3. The van der Waals surface area contributed by atoms with E-state index in [2.05, 4.69) is 20.2 Å². The van der Waals surface area contributed by atoms with Crippen LogP contribution in [0.3, 0.4) is 0 Å². The van der Waals surface area contributed by atoms with Crippen LogP contribution >= 0.6 is 0 Å². The highest BCUT2D eigenvalue weighted by Crippen LogP contribution is 2.40. The number of fused-ring (bicyclic) bond motifs is 1. The molecule has 3 aliphatic heterocycles. The van der Waals surface area contributed by atoms with E-state index in [-0.39, 0.29) is 23.6 Å². The van der Waals surface area contributed by atoms with Crippen LogP contribution in [0.5, 0.6) is 0 Å². The Morgan fingerprint density at radius 2 is 1.85 bits per heavy atom. The molecule has 6 rings (SSSR count). The van der Waals surface area contributed by atoms with Crippen molar-refractivity contribution in [1.82, 2.24) is 19.8 Å². The number of hydrogen-bond acceptors (Lipinski definition) is 7. The molecule has 1 aliphatic carbocycles. The number of carbonyl (C=O) groups is 1. The smallest absolute Gasteiger partial charge is 0.379 e. The normalized spacial score (nSPS) is 24.9. The summed E-state index contributed by atoms with van der Waals surface area (Å²) in [6, 6.07) is 5.78. The molecule has 11 heteroatoms. The first-order chi connectivity index (χ1) is 18.8. The van der Waals surface area contributed by atoms with E-state index in [1.165, 1.54) is 6.07 Å². The number of benzene rings is 1. The maximum Gasteiger partial charge on any atom is 0.416 e. The number of anilines is 2. The Morgan fingerprint density at radius 1 is 1.05 bits per heavy atom. The molecule has 0 bridgehead atoms. The van der Waals surface area contributed by atoms with Gasteiger partial charge in [0.2, 0.25) is 0 Å². The number of aromatic nitrogens is 2. The first-order valence-corrected chi connectivity index (χ1v) is 13.8. The lowest BCUT2D eigenvalue weighted by Gasteiger charge is -2.49. The molecule has 4 fully saturated rings. The highest BCUT2D eigenvalue weighted by Gasteiger charge is 2.40. The lowest BCUT2D eigenvalue weighted by molar-refractivity contribution is -0.148. The van der Waals surface area contributed by atoms with Crippen molar-refractivity contribution in [2.75, 3.05) is 44.8 Å². The minimum absolute atomic E-state index is 0.124. The Labute approximate surface area is 225 Å². The van der Waals surface area contributed by atoms with E-state index >= 15 is 0 Å². The summed E-state index contributed by atoms with van der Waals surface area (Å²) in [5.74, 6) is 0.988. The Kier molecular flexibility index (Phi) is 7.24. The van der Waals surface area contributed by atoms with Crippen LogP contribution in [0.4, 0.5) is 24.7 Å². The Balaban J connectivity index is 1.18. The molecule has 2 atom stereocenters. The number of nitrogens with zero attached hydrogens (tertiary/aromatic N) is 4. The number of piperidine rings is 1. The number of amides is 1. The molecule has 1 aromatic carbocycles. The van der Waals surface area contributed by atoms with Gasteiger partial charge in [0.15, 0.2) is 0 Å². The monoisotopic (exact) mass is 545 g/mol. The summed E-state index contributed by atoms with van der Waals surface area (Å²) >= 11 is 0. The fraction of sp³-hybridized carbons (Fsp3) is 0.607. The second kappa shape index (κ2) is 10.7. The van der Waals surface area contributed by atoms with Gasteiger partial charge in [-0.1, -0.05) is 6.07 Å². The van der Waals surface area contributed by atoms with E-state index in [1.807, 2.05) is 4.90 Å². The van der Waals surface area contributed by atoms with Crippen molar-refractivity contribution >= 4 is 17.4 Å². The van der Waals surface area contributed by atoms with Gasteiger partial charge in [0.25, 0.3) is 5.91 Å². The van der Waals surface area contributed by atoms with E-state index in [1.54, 1.807) is 13.0 Å². The van der Waals surface area contributed by atoms with Gasteiger partial charge in [0, 0.05) is 55.5 Å². The van der Waals surface area contributed by atoms with Crippen molar-refractivity contribution < 1.29 is 27.4 Å². The number of nitrogens with one attached hydrogen (secondary N) is 1. The van der Waals surface area contributed by atoms with Crippen LogP contribution < -0.4 is 5.32 Å². The second-order valence-electron chi connectivity index (χ2n) is 11.0. The summed E-state index contributed by atoms with van der Waals surface area (Å²) in [5, 5.41) is 3.03. The van der Waals surface area contributed by atoms with E-state index in [0.29, 0.717) is 61.3 Å². The average Bonchev–Trinajstić information content (AvgIpc) is 3.79. The molecule has 1 amide bonds. The molecule has 1 aromatic heterocycles. The third-order valence-corrected chi connectivity index (χ3v) is 8.36.